The fourth-order valence-electron chi connectivity index (χ4n) is 15.6. The van der Waals surface area contributed by atoms with Crippen LogP contribution >= 0.6 is 0 Å². The van der Waals surface area contributed by atoms with E-state index in [1.807, 2.05) is 34.5 Å². The van der Waals surface area contributed by atoms with E-state index < -0.39 is 35.1 Å². The van der Waals surface area contributed by atoms with Crippen molar-refractivity contribution in [1.29, 1.82) is 0 Å². The van der Waals surface area contributed by atoms with E-state index in [0.717, 1.165) is 97.9 Å². The molecular formula is C99H88F8N14O8. The molecule has 18 rings (SSSR count). The minimum absolute atomic E-state index is 0.00434. The lowest BCUT2D eigenvalue weighted by molar-refractivity contribution is 0.0958. The Balaban J connectivity index is 0.000000132. The fraction of sp³-hybridized carbons (Fsp3) is 0.232. The molecule has 0 spiro atoms. The lowest BCUT2D eigenvalue weighted by Gasteiger charge is -2.27. The molecule has 0 saturated heterocycles. The summed E-state index contributed by atoms with van der Waals surface area (Å²) in [6, 6.07) is 43.1. The van der Waals surface area contributed by atoms with Gasteiger partial charge in [-0.25, -0.2) is 55.1 Å². The van der Waals surface area contributed by atoms with E-state index >= 15 is 0 Å². The number of anilines is 2. The van der Waals surface area contributed by atoms with Gasteiger partial charge in [-0.2, -0.15) is 0 Å². The van der Waals surface area contributed by atoms with Crippen molar-refractivity contribution in [3.05, 3.63) is 325 Å². The third kappa shape index (κ3) is 21.0. The number of rotatable bonds is 22. The highest BCUT2D eigenvalue weighted by atomic mass is 19.2. The Morgan fingerprint density at radius 1 is 0.395 bits per heavy atom. The standard InChI is InChI=1S/C26H23F2N3O2.C25H22F2N4O2.C25H23F2N3O2.C23H20F2N4O2/c1-26(11-2-3-12-26)31-16-30-24(17-4-6-19(27)7-5-17)25(31)23-9-8-22(33-23)21(32)14-18-10-13-29-15-20(18)28;26-18-7-5-17(6-8-18)23-24(31(15-29-23)14-16-3-1-2-4-16)21-9-10-22(33-21)25(32)30-20-11-12-28-13-19(20)27;1-25(2,3)14-30-15-29-23(16-4-6-18(26)7-5-16)24(30)22-9-8-21(32-22)20(31)12-17-10-11-28-13-19(17)27;1-23(2,3)29-13-27-20(14-4-6-15(24)7-5-14)21(29)18-8-9-19(31-18)22(30)28-17-10-11-26-12-16(17)25/h4-10,13,15-16H,2-3,11-12,14H2,1H3;5-13,15-16H,1-4,14H2,(H,28,30,32);4-11,13,15H,12,14H2,1-3H3;4-13H,1-3H3,(H,26,28,30). The Morgan fingerprint density at radius 2 is 0.744 bits per heavy atom. The Bertz CT molecular complexity index is 6660. The number of ketones is 2. The summed E-state index contributed by atoms with van der Waals surface area (Å²) in [5.41, 5.74) is 8.34. The third-order valence-corrected chi connectivity index (χ3v) is 22.1. The number of amides is 2. The maximum Gasteiger partial charge on any atom is 0.291 e. The van der Waals surface area contributed by atoms with Crippen molar-refractivity contribution in [1.82, 2.24) is 58.1 Å². The molecule has 2 aliphatic rings. The molecule has 16 aromatic rings. The number of carbonyl (C=O) groups excluding carboxylic acids is 4. The number of Topliss-reactive ketones (excluding diaryl/α,β-unsaturated/α-hetero) is 2. The number of benzene rings is 4. The highest BCUT2D eigenvalue weighted by Gasteiger charge is 2.36. The van der Waals surface area contributed by atoms with Crippen molar-refractivity contribution >= 4 is 34.8 Å². The fourth-order valence-corrected chi connectivity index (χ4v) is 15.6. The zero-order chi connectivity index (χ0) is 90.8. The van der Waals surface area contributed by atoms with Crippen LogP contribution in [0.1, 0.15) is 153 Å². The summed E-state index contributed by atoms with van der Waals surface area (Å²) in [5, 5.41) is 4.97. The van der Waals surface area contributed by atoms with E-state index in [0.29, 0.717) is 75.2 Å². The average molecular weight is 1750 g/mol. The predicted molar refractivity (Wildman–Crippen MR) is 469 cm³/mol. The lowest BCUT2D eigenvalue weighted by Crippen LogP contribution is -2.26. The third-order valence-electron chi connectivity index (χ3n) is 22.1. The van der Waals surface area contributed by atoms with E-state index in [1.165, 1.54) is 116 Å². The molecule has 0 unspecified atom stereocenters. The summed E-state index contributed by atoms with van der Waals surface area (Å²) >= 11 is 0. The number of imidazole rings is 4. The van der Waals surface area contributed by atoms with E-state index in [2.05, 4.69) is 82.8 Å². The molecule has 0 bridgehead atoms. The highest BCUT2D eigenvalue weighted by Crippen LogP contribution is 2.45. The van der Waals surface area contributed by atoms with Gasteiger partial charge in [0.1, 0.15) is 57.7 Å². The lowest BCUT2D eigenvalue weighted by atomic mass is 9.96. The van der Waals surface area contributed by atoms with Crippen LogP contribution in [0.3, 0.4) is 0 Å². The molecule has 658 valence electrons. The SMILES string of the molecule is CC(C)(C)Cn1cnc(-c2ccc(F)cc2)c1-c1ccc(C(=O)Cc2ccncc2F)o1.CC(C)(C)n1cnc(-c2ccc(F)cc2)c1-c1ccc(C(=O)Nc2ccncc2F)o1.CC1(n2cnc(-c3ccc(F)cc3)c2-c2ccc(C(=O)Cc3ccncc3F)o2)CCCC1.O=C(Nc1ccncc1F)c1ccc(-c2c(-c3ccc(F)cc3)ncn2CC2CCCC2)o1. The van der Waals surface area contributed by atoms with E-state index in [1.54, 1.807) is 116 Å². The first-order chi connectivity index (χ1) is 62.0. The van der Waals surface area contributed by atoms with Crippen LogP contribution in [0.25, 0.3) is 90.8 Å². The molecule has 2 amide bonds. The molecule has 0 radical (unpaired) electrons. The number of pyridine rings is 4. The molecule has 2 fully saturated rings. The number of halogens is 8. The van der Waals surface area contributed by atoms with Crippen LogP contribution < -0.4 is 10.6 Å². The number of hydrogen-bond acceptors (Lipinski definition) is 16. The first kappa shape index (κ1) is 89.0. The van der Waals surface area contributed by atoms with Gasteiger partial charge in [-0.1, -0.05) is 46.5 Å². The van der Waals surface area contributed by atoms with E-state index in [-0.39, 0.29) is 110 Å². The molecule has 22 nitrogen and oxygen atoms in total. The van der Waals surface area contributed by atoms with Crippen LogP contribution in [0, 0.1) is 57.9 Å². The Morgan fingerprint density at radius 3 is 1.16 bits per heavy atom. The number of furan rings is 4. The maximum absolute atomic E-state index is 13.9. The summed E-state index contributed by atoms with van der Waals surface area (Å²) in [7, 11) is 0. The Kier molecular flexibility index (Phi) is 26.6. The van der Waals surface area contributed by atoms with Crippen LogP contribution in [0.4, 0.5) is 46.5 Å². The van der Waals surface area contributed by atoms with Crippen molar-refractivity contribution in [3.8, 4) is 90.8 Å². The van der Waals surface area contributed by atoms with Crippen molar-refractivity contribution in [2.45, 2.75) is 137 Å². The summed E-state index contributed by atoms with van der Waals surface area (Å²) < 4.78 is 141. The molecule has 2 aliphatic carbocycles. The molecule has 4 aromatic carbocycles. The first-order valence-electron chi connectivity index (χ1n) is 41.7. The summed E-state index contributed by atoms with van der Waals surface area (Å²) in [6.45, 7) is 16.0. The number of nitrogens with zero attached hydrogens (tertiary/aromatic N) is 12. The van der Waals surface area contributed by atoms with Crippen molar-refractivity contribution in [2.75, 3.05) is 10.6 Å². The van der Waals surface area contributed by atoms with E-state index in [4.69, 9.17) is 17.7 Å². The Labute approximate surface area is 736 Å². The van der Waals surface area contributed by atoms with Crippen LogP contribution in [-0.4, -0.2) is 81.5 Å². The quantitative estimate of drug-likeness (QED) is 0.0471. The molecule has 0 aliphatic heterocycles. The van der Waals surface area contributed by atoms with Gasteiger partial charge < -0.3 is 46.6 Å². The zero-order valence-corrected chi connectivity index (χ0v) is 71.3. The van der Waals surface area contributed by atoms with Gasteiger partial charge in [0, 0.05) is 84.1 Å². The average Bonchev–Trinajstić information content (AvgIpc) is 1.62. The van der Waals surface area contributed by atoms with Crippen LogP contribution in [0.2, 0.25) is 0 Å². The molecular weight excluding hydrogens is 1670 g/mol. The van der Waals surface area contributed by atoms with Gasteiger partial charge in [-0.05, 0) is 246 Å². The minimum atomic E-state index is -0.646. The minimum Gasteiger partial charge on any atom is -0.451 e. The molecule has 129 heavy (non-hydrogen) atoms. The Hall–Kier alpha value is -14.8. The van der Waals surface area contributed by atoms with Crippen LogP contribution in [0.5, 0.6) is 0 Å². The molecule has 30 heteroatoms. The van der Waals surface area contributed by atoms with Crippen molar-refractivity contribution in [2.24, 2.45) is 11.3 Å². The van der Waals surface area contributed by atoms with Gasteiger partial charge in [0.05, 0.1) is 84.2 Å². The molecule has 12 aromatic heterocycles. The number of carbonyl (C=O) groups is 4. The second kappa shape index (κ2) is 38.6. The predicted octanol–water partition coefficient (Wildman–Crippen LogP) is 23.6. The largest absolute Gasteiger partial charge is 0.451 e. The first-order valence-corrected chi connectivity index (χ1v) is 41.7. The van der Waals surface area contributed by atoms with Gasteiger partial charge in [0.2, 0.25) is 11.6 Å². The summed E-state index contributed by atoms with van der Waals surface area (Å²) in [6.07, 6.45) is 25.6. The maximum atomic E-state index is 13.9. The van der Waals surface area contributed by atoms with Crippen LogP contribution in [0.15, 0.2) is 262 Å². The second-order valence-electron chi connectivity index (χ2n) is 33.8. The van der Waals surface area contributed by atoms with Gasteiger partial charge in [-0.15, -0.1) is 0 Å². The van der Waals surface area contributed by atoms with Gasteiger partial charge >= 0.3 is 0 Å². The number of hydrogen-bond donors (Lipinski definition) is 2. The molecule has 2 N–H and O–H groups in total. The molecule has 2 saturated carbocycles. The highest BCUT2D eigenvalue weighted by molar-refractivity contribution is 6.04. The number of aromatic nitrogens is 12. The van der Waals surface area contributed by atoms with Gasteiger partial charge in [0.15, 0.2) is 57.7 Å². The molecule has 0 atom stereocenters. The smallest absolute Gasteiger partial charge is 0.291 e. The summed E-state index contributed by atoms with van der Waals surface area (Å²) in [4.78, 5) is 83.8. The monoisotopic (exact) mass is 1750 g/mol. The normalized spacial score (nSPS) is 13.1. The zero-order valence-electron chi connectivity index (χ0n) is 71.3. The van der Waals surface area contributed by atoms with Crippen molar-refractivity contribution in [3.63, 3.8) is 0 Å². The van der Waals surface area contributed by atoms with E-state index in [9.17, 15) is 54.3 Å². The van der Waals surface area contributed by atoms with Crippen molar-refractivity contribution < 1.29 is 72.0 Å². The van der Waals surface area contributed by atoms with Crippen LogP contribution in [-0.2, 0) is 37.0 Å². The van der Waals surface area contributed by atoms with Gasteiger partial charge in [-0.3, -0.25) is 39.1 Å². The van der Waals surface area contributed by atoms with Gasteiger partial charge in [0.25, 0.3) is 11.8 Å². The number of nitrogens with one attached hydrogen (secondary N) is 2. The topological polar surface area (TPSA) is 268 Å². The summed E-state index contributed by atoms with van der Waals surface area (Å²) in [5.74, 6) is -2.79. The molecule has 12 heterocycles. The second-order valence-corrected chi connectivity index (χ2v) is 33.8.